The van der Waals surface area contributed by atoms with Crippen molar-refractivity contribution in [1.29, 1.82) is 0 Å². The van der Waals surface area contributed by atoms with Gasteiger partial charge in [-0.2, -0.15) is 0 Å². The number of carbonyl (C=O) groups excluding carboxylic acids is 1. The third-order valence-corrected chi connectivity index (χ3v) is 3.90. The van der Waals surface area contributed by atoms with Crippen molar-refractivity contribution in [3.63, 3.8) is 0 Å². The van der Waals surface area contributed by atoms with Gasteiger partial charge in [-0.25, -0.2) is 9.97 Å². The molecular formula is C16H17ClN2OS. The molecule has 5 heteroatoms. The second kappa shape index (κ2) is 6.16. The summed E-state index contributed by atoms with van der Waals surface area (Å²) in [5.74, 6) is -0.205. The third-order valence-electron chi connectivity index (χ3n) is 2.61. The van der Waals surface area contributed by atoms with Crippen LogP contribution in [0.4, 0.5) is 0 Å². The Balaban J connectivity index is 2.31. The largest absolute Gasteiger partial charge is 0.287 e. The second-order valence-electron chi connectivity index (χ2n) is 5.76. The highest BCUT2D eigenvalue weighted by Crippen LogP contribution is 2.31. The highest BCUT2D eigenvalue weighted by molar-refractivity contribution is 8.00. The minimum atomic E-state index is -0.205. The first kappa shape index (κ1) is 16.0. The van der Waals surface area contributed by atoms with E-state index in [0.29, 0.717) is 10.6 Å². The molecule has 1 aromatic heterocycles. The van der Waals surface area contributed by atoms with Gasteiger partial charge in [0.2, 0.25) is 5.78 Å². The molecule has 0 aliphatic heterocycles. The lowest BCUT2D eigenvalue weighted by atomic mass is 10.1. The molecular weight excluding hydrogens is 304 g/mol. The highest BCUT2D eigenvalue weighted by Gasteiger charge is 2.19. The van der Waals surface area contributed by atoms with Crippen LogP contribution in [0, 0.1) is 6.92 Å². The predicted molar refractivity (Wildman–Crippen MR) is 87.3 cm³/mol. The van der Waals surface area contributed by atoms with Gasteiger partial charge in [-0.3, -0.25) is 4.79 Å². The molecule has 21 heavy (non-hydrogen) atoms. The maximum Gasteiger partial charge on any atom is 0.214 e. The smallest absolute Gasteiger partial charge is 0.214 e. The number of rotatable bonds is 3. The monoisotopic (exact) mass is 320 g/mol. The zero-order valence-corrected chi connectivity index (χ0v) is 14.0. The zero-order chi connectivity index (χ0) is 15.6. The van der Waals surface area contributed by atoms with Crippen LogP contribution in [0.5, 0.6) is 0 Å². The van der Waals surface area contributed by atoms with E-state index in [-0.39, 0.29) is 21.4 Å². The molecule has 2 aromatic rings. The van der Waals surface area contributed by atoms with Crippen LogP contribution in [0.3, 0.4) is 0 Å². The number of benzene rings is 1. The van der Waals surface area contributed by atoms with Gasteiger partial charge < -0.3 is 0 Å². The normalized spacial score (nSPS) is 11.5. The molecule has 110 valence electrons. The Labute approximate surface area is 134 Å². The molecule has 0 amide bonds. The lowest BCUT2D eigenvalue weighted by Gasteiger charge is -2.16. The summed E-state index contributed by atoms with van der Waals surface area (Å²) in [4.78, 5) is 20.9. The molecule has 0 saturated carbocycles. The molecule has 0 aliphatic rings. The Kier molecular flexibility index (Phi) is 4.69. The fourth-order valence-corrected chi connectivity index (χ4v) is 2.94. The first-order valence-electron chi connectivity index (χ1n) is 6.59. The van der Waals surface area contributed by atoms with Crippen LogP contribution in [-0.2, 0) is 0 Å². The fraction of sp³-hybridized carbons (Fsp3) is 0.312. The molecule has 0 aliphatic carbocycles. The first-order valence-corrected chi connectivity index (χ1v) is 7.78. The van der Waals surface area contributed by atoms with E-state index in [4.69, 9.17) is 11.6 Å². The van der Waals surface area contributed by atoms with Crippen molar-refractivity contribution < 1.29 is 4.79 Å². The number of aryl methyl sites for hydroxylation is 1. The second-order valence-corrected chi connectivity index (χ2v) is 7.97. The van der Waals surface area contributed by atoms with E-state index in [1.165, 1.54) is 0 Å². The Hall–Kier alpha value is -1.39. The topological polar surface area (TPSA) is 42.9 Å². The number of hydrogen-bond acceptors (Lipinski definition) is 4. The van der Waals surface area contributed by atoms with Crippen molar-refractivity contribution in [3.05, 3.63) is 52.4 Å². The summed E-state index contributed by atoms with van der Waals surface area (Å²) >= 11 is 7.70. The molecule has 0 saturated heterocycles. The van der Waals surface area contributed by atoms with Gasteiger partial charge >= 0.3 is 0 Å². The van der Waals surface area contributed by atoms with E-state index in [9.17, 15) is 4.79 Å². The van der Waals surface area contributed by atoms with Gasteiger partial charge in [-0.15, -0.1) is 0 Å². The lowest BCUT2D eigenvalue weighted by Crippen LogP contribution is -2.10. The zero-order valence-electron chi connectivity index (χ0n) is 12.5. The third kappa shape index (κ3) is 4.29. The molecule has 0 fully saturated rings. The number of hydrogen-bond donors (Lipinski definition) is 0. The van der Waals surface area contributed by atoms with Crippen LogP contribution in [-0.4, -0.2) is 20.5 Å². The number of carbonyl (C=O) groups is 1. The average molecular weight is 321 g/mol. The molecule has 0 bridgehead atoms. The lowest BCUT2D eigenvalue weighted by molar-refractivity contribution is 0.103. The van der Waals surface area contributed by atoms with Crippen molar-refractivity contribution in [3.8, 4) is 0 Å². The van der Waals surface area contributed by atoms with Crippen molar-refractivity contribution in [1.82, 2.24) is 9.97 Å². The van der Waals surface area contributed by atoms with Gasteiger partial charge in [0.1, 0.15) is 10.7 Å². The number of nitrogens with zero attached hydrogens (tertiary/aromatic N) is 2. The van der Waals surface area contributed by atoms with Crippen LogP contribution in [0.1, 0.15) is 42.4 Å². The van der Waals surface area contributed by atoms with Gasteiger partial charge in [-0.1, -0.05) is 67.9 Å². The number of halogens is 1. The highest BCUT2D eigenvalue weighted by atomic mass is 35.5. The van der Waals surface area contributed by atoms with Gasteiger partial charge in [-0.05, 0) is 13.0 Å². The maximum atomic E-state index is 12.4. The minimum Gasteiger partial charge on any atom is -0.287 e. The Morgan fingerprint density at radius 3 is 2.57 bits per heavy atom. The molecule has 2 rings (SSSR count). The van der Waals surface area contributed by atoms with Crippen LogP contribution in [0.2, 0.25) is 5.15 Å². The van der Waals surface area contributed by atoms with Crippen LogP contribution in [0.15, 0.2) is 35.5 Å². The van der Waals surface area contributed by atoms with Crippen LogP contribution < -0.4 is 0 Å². The summed E-state index contributed by atoms with van der Waals surface area (Å²) in [6, 6.07) is 7.35. The number of thioether (sulfide) groups is 1. The van der Waals surface area contributed by atoms with Crippen molar-refractivity contribution >= 4 is 29.1 Å². The maximum absolute atomic E-state index is 12.4. The van der Waals surface area contributed by atoms with Gasteiger partial charge in [0, 0.05) is 10.3 Å². The summed E-state index contributed by atoms with van der Waals surface area (Å²) in [6.45, 7) is 8.18. The Morgan fingerprint density at radius 1 is 1.29 bits per heavy atom. The molecule has 0 atom stereocenters. The van der Waals surface area contributed by atoms with E-state index < -0.39 is 0 Å². The standard InChI is InChI=1S/C16H17ClN2OS/c1-10-6-5-7-11(8-10)14(20)13-15(17)19-12(9-18-13)21-16(2,3)4/h5-9H,1-4H3. The molecule has 0 unspecified atom stereocenters. The molecule has 0 N–H and O–H groups in total. The van der Waals surface area contributed by atoms with Crippen molar-refractivity contribution in [2.75, 3.05) is 0 Å². The molecule has 3 nitrogen and oxygen atoms in total. The van der Waals surface area contributed by atoms with Crippen LogP contribution in [0.25, 0.3) is 0 Å². The van der Waals surface area contributed by atoms with E-state index in [2.05, 4.69) is 30.7 Å². The molecule has 1 heterocycles. The Morgan fingerprint density at radius 2 is 2.00 bits per heavy atom. The van der Waals surface area contributed by atoms with Crippen LogP contribution >= 0.6 is 23.4 Å². The average Bonchev–Trinajstić information content (AvgIpc) is 2.36. The number of aromatic nitrogens is 2. The summed E-state index contributed by atoms with van der Waals surface area (Å²) in [7, 11) is 0. The van der Waals surface area contributed by atoms with E-state index in [1.807, 2.05) is 25.1 Å². The Bertz CT molecular complexity index is 680. The number of ketones is 1. The van der Waals surface area contributed by atoms with Gasteiger partial charge in [0.05, 0.1) is 6.20 Å². The first-order chi connectivity index (χ1) is 9.76. The van der Waals surface area contributed by atoms with E-state index in [1.54, 1.807) is 24.0 Å². The van der Waals surface area contributed by atoms with Gasteiger partial charge in [0.25, 0.3) is 0 Å². The quantitative estimate of drug-likeness (QED) is 0.614. The molecule has 0 spiro atoms. The van der Waals surface area contributed by atoms with Gasteiger partial charge in [0.15, 0.2) is 5.15 Å². The predicted octanol–water partition coefficient (Wildman–Crippen LogP) is 4.56. The molecule has 0 radical (unpaired) electrons. The van der Waals surface area contributed by atoms with E-state index >= 15 is 0 Å². The summed E-state index contributed by atoms with van der Waals surface area (Å²) in [6.07, 6.45) is 1.60. The fourth-order valence-electron chi connectivity index (χ4n) is 1.79. The van der Waals surface area contributed by atoms with E-state index in [0.717, 1.165) is 5.56 Å². The SMILES string of the molecule is Cc1cccc(C(=O)c2ncc(SC(C)(C)C)nc2Cl)c1. The van der Waals surface area contributed by atoms with Crippen molar-refractivity contribution in [2.45, 2.75) is 37.5 Å². The molecule has 1 aromatic carbocycles. The minimum absolute atomic E-state index is 0.0140. The summed E-state index contributed by atoms with van der Waals surface area (Å²) in [5, 5.41) is 0.865. The summed E-state index contributed by atoms with van der Waals surface area (Å²) in [5.41, 5.74) is 1.78. The van der Waals surface area contributed by atoms with Crippen molar-refractivity contribution in [2.24, 2.45) is 0 Å². The summed E-state index contributed by atoms with van der Waals surface area (Å²) < 4.78 is 0.0140.